The number of hydrogen-bond donors (Lipinski definition) is 3. The van der Waals surface area contributed by atoms with Crippen molar-refractivity contribution in [3.63, 3.8) is 0 Å². The summed E-state index contributed by atoms with van der Waals surface area (Å²) in [6.07, 6.45) is -0.654. The van der Waals surface area contributed by atoms with Crippen LogP contribution in [0.1, 0.15) is 22.7 Å². The second-order valence-electron chi connectivity index (χ2n) is 7.69. The van der Waals surface area contributed by atoms with E-state index in [1.807, 2.05) is 24.3 Å². The highest BCUT2D eigenvalue weighted by Gasteiger charge is 2.29. The molecule has 32 heavy (non-hydrogen) atoms. The molecule has 7 heteroatoms. The van der Waals surface area contributed by atoms with Gasteiger partial charge in [-0.2, -0.15) is 5.10 Å². The number of carbonyl (C=O) groups is 1. The maximum Gasteiger partial charge on any atom is 0.412 e. The number of rotatable bonds is 4. The molecule has 0 spiro atoms. The predicted octanol–water partition coefficient (Wildman–Crippen LogP) is 5.59. The number of nitrogens with zero attached hydrogens (tertiary/aromatic N) is 1. The first-order chi connectivity index (χ1) is 15.5. The van der Waals surface area contributed by atoms with Crippen molar-refractivity contribution < 1.29 is 19.0 Å². The maximum atomic E-state index is 13.8. The summed E-state index contributed by atoms with van der Waals surface area (Å²) in [5.74, 6) is -1.03. The van der Waals surface area contributed by atoms with Gasteiger partial charge in [-0.25, -0.2) is 9.18 Å². The lowest BCUT2D eigenvalue weighted by Gasteiger charge is -2.14. The fourth-order valence-corrected chi connectivity index (χ4v) is 4.27. The number of anilines is 1. The highest BCUT2D eigenvalue weighted by atomic mass is 19.1. The molecule has 1 heterocycles. The molecule has 0 unspecified atom stereocenters. The van der Waals surface area contributed by atoms with Crippen molar-refractivity contribution in [2.45, 2.75) is 12.8 Å². The Morgan fingerprint density at radius 2 is 1.75 bits per heavy atom. The number of amides is 1. The molecule has 0 fully saturated rings. The molecule has 0 atom stereocenters. The molecule has 6 nitrogen and oxygen atoms in total. The van der Waals surface area contributed by atoms with Crippen LogP contribution in [0.2, 0.25) is 0 Å². The predicted molar refractivity (Wildman–Crippen MR) is 119 cm³/mol. The van der Waals surface area contributed by atoms with Crippen LogP contribution < -0.4 is 5.32 Å². The topological polar surface area (TPSA) is 87.2 Å². The zero-order chi connectivity index (χ0) is 22.2. The lowest BCUT2D eigenvalue weighted by atomic mass is 9.98. The quantitative estimate of drug-likeness (QED) is 0.395. The second-order valence-corrected chi connectivity index (χ2v) is 7.69. The van der Waals surface area contributed by atoms with Gasteiger partial charge in [0.2, 0.25) is 0 Å². The summed E-state index contributed by atoms with van der Waals surface area (Å²) in [6.45, 7) is 1.93. The highest BCUT2D eigenvalue weighted by Crippen LogP contribution is 2.44. The number of aromatic nitrogens is 2. The number of phenolic OH excluding ortho intramolecular Hbond substituents is 1. The molecule has 3 N–H and O–H groups in total. The average Bonchev–Trinajstić information content (AvgIpc) is 3.32. The minimum atomic E-state index is -0.754. The van der Waals surface area contributed by atoms with E-state index in [-0.39, 0.29) is 18.3 Å². The highest BCUT2D eigenvalue weighted by molar-refractivity contribution is 5.90. The minimum Gasteiger partial charge on any atom is -0.505 e. The Balaban J connectivity index is 1.34. The van der Waals surface area contributed by atoms with E-state index in [0.717, 1.165) is 22.3 Å². The summed E-state index contributed by atoms with van der Waals surface area (Å²) in [4.78, 5) is 12.6. The van der Waals surface area contributed by atoms with Crippen molar-refractivity contribution in [3.05, 3.63) is 89.4 Å². The van der Waals surface area contributed by atoms with Crippen LogP contribution in [-0.2, 0) is 4.74 Å². The number of phenols is 1. The van der Waals surface area contributed by atoms with Crippen molar-refractivity contribution in [1.82, 2.24) is 10.2 Å². The van der Waals surface area contributed by atoms with Gasteiger partial charge in [0.25, 0.3) is 0 Å². The Morgan fingerprint density at radius 3 is 2.41 bits per heavy atom. The molecule has 0 bridgehead atoms. The number of fused-ring (bicyclic) bond motifs is 3. The molecular weight excluding hydrogens is 409 g/mol. The monoisotopic (exact) mass is 429 g/mol. The van der Waals surface area contributed by atoms with Gasteiger partial charge in [0.05, 0.1) is 0 Å². The SMILES string of the molecule is Cc1[nH]nc(NC(=O)OCC2c3ccccc3-c3ccccc32)c1-c1ccc(O)c(F)c1. The zero-order valence-electron chi connectivity index (χ0n) is 17.2. The van der Waals surface area contributed by atoms with Crippen LogP contribution in [0.4, 0.5) is 15.0 Å². The van der Waals surface area contributed by atoms with Crippen LogP contribution in [0.25, 0.3) is 22.3 Å². The van der Waals surface area contributed by atoms with Gasteiger partial charge in [-0.15, -0.1) is 0 Å². The van der Waals surface area contributed by atoms with Gasteiger partial charge in [-0.1, -0.05) is 54.6 Å². The van der Waals surface area contributed by atoms with Crippen LogP contribution in [0.3, 0.4) is 0 Å². The zero-order valence-corrected chi connectivity index (χ0v) is 17.2. The number of benzene rings is 3. The molecule has 1 aliphatic rings. The van der Waals surface area contributed by atoms with Gasteiger partial charge in [0.15, 0.2) is 17.4 Å². The van der Waals surface area contributed by atoms with Crippen molar-refractivity contribution in [2.75, 3.05) is 11.9 Å². The first-order valence-corrected chi connectivity index (χ1v) is 10.2. The largest absolute Gasteiger partial charge is 0.505 e. The molecule has 4 aromatic rings. The van der Waals surface area contributed by atoms with E-state index in [1.165, 1.54) is 12.1 Å². The number of carbonyl (C=O) groups excluding carboxylic acids is 1. The third kappa shape index (κ3) is 3.37. The van der Waals surface area contributed by atoms with Gasteiger partial charge in [0.1, 0.15) is 6.61 Å². The molecule has 0 saturated heterocycles. The van der Waals surface area contributed by atoms with E-state index in [9.17, 15) is 14.3 Å². The van der Waals surface area contributed by atoms with Crippen LogP contribution in [0.15, 0.2) is 66.7 Å². The first kappa shape index (κ1) is 19.8. The number of hydrogen-bond acceptors (Lipinski definition) is 4. The van der Waals surface area contributed by atoms with Crippen molar-refractivity contribution in [2.24, 2.45) is 0 Å². The van der Waals surface area contributed by atoms with Crippen molar-refractivity contribution in [1.29, 1.82) is 0 Å². The molecule has 160 valence electrons. The van der Waals surface area contributed by atoms with Crippen molar-refractivity contribution >= 4 is 11.9 Å². The van der Waals surface area contributed by atoms with Crippen LogP contribution in [-0.4, -0.2) is 28.0 Å². The Morgan fingerprint density at radius 1 is 1.09 bits per heavy atom. The lowest BCUT2D eigenvalue weighted by molar-refractivity contribution is 0.158. The minimum absolute atomic E-state index is 0.0558. The fourth-order valence-electron chi connectivity index (χ4n) is 4.27. The summed E-state index contributed by atoms with van der Waals surface area (Å²) < 4.78 is 19.4. The maximum absolute atomic E-state index is 13.8. The summed E-state index contributed by atoms with van der Waals surface area (Å²) in [5.41, 5.74) is 6.19. The standard InChI is InChI=1S/C25H20FN3O3/c1-14-23(15-10-11-22(30)21(26)12-15)24(29-28-14)27-25(31)32-13-20-18-8-4-2-6-16(18)17-7-3-5-9-19(17)20/h2-12,20,30H,13H2,1H3,(H2,27,28,29,31). The number of ether oxygens (including phenoxy) is 1. The van der Waals surface area contributed by atoms with E-state index in [2.05, 4.69) is 39.8 Å². The number of nitrogens with one attached hydrogen (secondary N) is 2. The van der Waals surface area contributed by atoms with E-state index in [1.54, 1.807) is 13.0 Å². The first-order valence-electron chi connectivity index (χ1n) is 10.2. The number of aromatic amines is 1. The lowest BCUT2D eigenvalue weighted by Crippen LogP contribution is -2.18. The Labute approximate surface area is 183 Å². The number of aromatic hydroxyl groups is 1. The molecule has 1 aliphatic carbocycles. The van der Waals surface area contributed by atoms with E-state index < -0.39 is 17.7 Å². The van der Waals surface area contributed by atoms with Gasteiger partial charge in [-0.3, -0.25) is 10.4 Å². The Hall–Kier alpha value is -4.13. The number of halogens is 1. The third-order valence-electron chi connectivity index (χ3n) is 5.75. The molecule has 3 aromatic carbocycles. The summed E-state index contributed by atoms with van der Waals surface area (Å²) in [6, 6.07) is 20.2. The number of H-pyrrole nitrogens is 1. The number of aryl methyl sites for hydroxylation is 1. The van der Waals surface area contributed by atoms with Gasteiger partial charge >= 0.3 is 6.09 Å². The van der Waals surface area contributed by atoms with Gasteiger partial charge in [-0.05, 0) is 46.9 Å². The van der Waals surface area contributed by atoms with E-state index in [4.69, 9.17) is 4.74 Å². The normalized spacial score (nSPS) is 12.3. The summed E-state index contributed by atoms with van der Waals surface area (Å²) in [5, 5.41) is 19.0. The molecule has 0 radical (unpaired) electrons. The summed E-state index contributed by atoms with van der Waals surface area (Å²) >= 11 is 0. The smallest absolute Gasteiger partial charge is 0.412 e. The second kappa shape index (κ2) is 7.85. The average molecular weight is 429 g/mol. The van der Waals surface area contributed by atoms with Gasteiger partial charge < -0.3 is 9.84 Å². The molecule has 1 amide bonds. The van der Waals surface area contributed by atoms with Gasteiger partial charge in [0, 0.05) is 17.2 Å². The molecule has 1 aromatic heterocycles. The Kier molecular flexibility index (Phi) is 4.86. The van der Waals surface area contributed by atoms with Crippen LogP contribution in [0.5, 0.6) is 5.75 Å². The van der Waals surface area contributed by atoms with Crippen LogP contribution >= 0.6 is 0 Å². The molecule has 5 rings (SSSR count). The van der Waals surface area contributed by atoms with Crippen molar-refractivity contribution in [3.8, 4) is 28.0 Å². The molecular formula is C25H20FN3O3. The fraction of sp³-hybridized carbons (Fsp3) is 0.120. The third-order valence-corrected chi connectivity index (χ3v) is 5.75. The Bertz CT molecular complexity index is 1290. The molecule has 0 saturated carbocycles. The van der Waals surface area contributed by atoms with E-state index in [0.29, 0.717) is 16.8 Å². The summed E-state index contributed by atoms with van der Waals surface area (Å²) in [7, 11) is 0. The molecule has 0 aliphatic heterocycles. The van der Waals surface area contributed by atoms with E-state index >= 15 is 0 Å². The van der Waals surface area contributed by atoms with Crippen LogP contribution in [0, 0.1) is 12.7 Å².